The summed E-state index contributed by atoms with van der Waals surface area (Å²) in [7, 11) is 1.52. The molecular weight excluding hydrogens is 381 g/mol. The first-order valence-corrected chi connectivity index (χ1v) is 8.94. The summed E-state index contributed by atoms with van der Waals surface area (Å²) in [5.41, 5.74) is 1.13. The van der Waals surface area contributed by atoms with Crippen LogP contribution < -0.4 is 19.7 Å². The molecule has 28 heavy (non-hydrogen) atoms. The van der Waals surface area contributed by atoms with Gasteiger partial charge in [-0.15, -0.1) is 12.6 Å². The Bertz CT molecular complexity index is 970. The minimum absolute atomic E-state index is 0.123. The van der Waals surface area contributed by atoms with Crippen LogP contribution in [0.15, 0.2) is 53.1 Å². The van der Waals surface area contributed by atoms with E-state index >= 15 is 0 Å². The average Bonchev–Trinajstić information content (AvgIpc) is 2.69. The molecule has 8 heteroatoms. The van der Waals surface area contributed by atoms with Crippen molar-refractivity contribution in [2.45, 2.75) is 13.1 Å². The van der Waals surface area contributed by atoms with Crippen molar-refractivity contribution >= 4 is 24.2 Å². The highest BCUT2D eigenvalue weighted by Gasteiger charge is 2.34. The molecule has 0 unspecified atom stereocenters. The first-order valence-electron chi connectivity index (χ1n) is 8.49. The van der Waals surface area contributed by atoms with E-state index in [2.05, 4.69) is 17.9 Å². The molecule has 3 rings (SSSR count). The summed E-state index contributed by atoms with van der Waals surface area (Å²) in [5.74, 6) is 0.144. The van der Waals surface area contributed by atoms with Crippen LogP contribution in [0, 0.1) is 17.1 Å². The standard InChI is InChI=1S/C20H18FN3O3S/c1-3-27-16-9-4-12(10-17(16)26-2)18-23-19(25)15(11-22)20(28)24(18)14-7-5-13(21)6-8-14/h4-10,18,28H,3H2,1-2H3,(H,23,25)/t18-/m1/s1. The lowest BCUT2D eigenvalue weighted by Gasteiger charge is -2.38. The smallest absolute Gasteiger partial charge is 0.266 e. The Labute approximate surface area is 167 Å². The van der Waals surface area contributed by atoms with Crippen LogP contribution in [0.25, 0.3) is 0 Å². The fraction of sp³-hybridized carbons (Fsp3) is 0.200. The molecule has 0 aliphatic carbocycles. The van der Waals surface area contributed by atoms with E-state index < -0.39 is 17.9 Å². The van der Waals surface area contributed by atoms with Gasteiger partial charge in [0.2, 0.25) is 0 Å². The molecule has 144 valence electrons. The number of carbonyl (C=O) groups excluding carboxylic acids is 1. The first kappa shape index (κ1) is 19.6. The van der Waals surface area contributed by atoms with Crippen LogP contribution in [0.3, 0.4) is 0 Å². The number of anilines is 1. The minimum atomic E-state index is -0.674. The fourth-order valence-corrected chi connectivity index (χ4v) is 3.32. The summed E-state index contributed by atoms with van der Waals surface area (Å²) in [5, 5.41) is 12.3. The molecule has 0 spiro atoms. The van der Waals surface area contributed by atoms with Gasteiger partial charge in [-0.1, -0.05) is 6.07 Å². The van der Waals surface area contributed by atoms with Crippen molar-refractivity contribution in [2.24, 2.45) is 0 Å². The van der Waals surface area contributed by atoms with Crippen LogP contribution >= 0.6 is 12.6 Å². The van der Waals surface area contributed by atoms with Gasteiger partial charge in [-0.3, -0.25) is 4.79 Å². The number of hydrogen-bond acceptors (Lipinski definition) is 6. The highest BCUT2D eigenvalue weighted by atomic mass is 32.1. The molecule has 1 amide bonds. The Balaban J connectivity index is 2.12. The van der Waals surface area contributed by atoms with Gasteiger partial charge in [0.15, 0.2) is 11.5 Å². The number of rotatable bonds is 5. The second kappa shape index (κ2) is 8.23. The molecule has 0 saturated heterocycles. The van der Waals surface area contributed by atoms with Crippen LogP contribution in [-0.2, 0) is 4.79 Å². The van der Waals surface area contributed by atoms with Crippen molar-refractivity contribution in [2.75, 3.05) is 18.6 Å². The molecule has 1 N–H and O–H groups in total. The van der Waals surface area contributed by atoms with E-state index in [9.17, 15) is 14.4 Å². The first-order chi connectivity index (χ1) is 13.5. The topological polar surface area (TPSA) is 74.6 Å². The number of nitriles is 1. The normalized spacial score (nSPS) is 16.5. The third kappa shape index (κ3) is 3.62. The van der Waals surface area contributed by atoms with Gasteiger partial charge in [0.05, 0.1) is 18.7 Å². The molecule has 0 aromatic heterocycles. The van der Waals surface area contributed by atoms with Crippen LogP contribution in [0.5, 0.6) is 11.5 Å². The van der Waals surface area contributed by atoms with Gasteiger partial charge >= 0.3 is 0 Å². The van der Waals surface area contributed by atoms with E-state index in [1.807, 2.05) is 13.0 Å². The molecule has 6 nitrogen and oxygen atoms in total. The SMILES string of the molecule is CCOc1ccc([C@@H]2NC(=O)C(C#N)=C(S)N2c2ccc(F)cc2)cc1OC. The summed E-state index contributed by atoms with van der Waals surface area (Å²) < 4.78 is 24.3. The fourth-order valence-electron chi connectivity index (χ4n) is 2.94. The molecule has 0 saturated carbocycles. The summed E-state index contributed by atoms with van der Waals surface area (Å²) >= 11 is 4.41. The van der Waals surface area contributed by atoms with Crippen molar-refractivity contribution < 1.29 is 18.7 Å². The third-order valence-corrected chi connectivity index (χ3v) is 4.66. The second-order valence-electron chi connectivity index (χ2n) is 5.88. The third-order valence-electron chi connectivity index (χ3n) is 4.22. The molecule has 2 aromatic rings. The second-order valence-corrected chi connectivity index (χ2v) is 6.30. The van der Waals surface area contributed by atoms with Crippen LogP contribution in [0.4, 0.5) is 10.1 Å². The Hall–Kier alpha value is -3.18. The van der Waals surface area contributed by atoms with Gasteiger partial charge in [0, 0.05) is 5.69 Å². The van der Waals surface area contributed by atoms with Crippen LogP contribution in [-0.4, -0.2) is 19.6 Å². The predicted octanol–water partition coefficient (Wildman–Crippen LogP) is 3.53. The maximum atomic E-state index is 13.4. The number of thiol groups is 1. The van der Waals surface area contributed by atoms with E-state index in [0.717, 1.165) is 0 Å². The van der Waals surface area contributed by atoms with Gasteiger partial charge in [-0.2, -0.15) is 5.26 Å². The van der Waals surface area contributed by atoms with Crippen molar-refractivity contribution in [1.29, 1.82) is 5.26 Å². The zero-order valence-corrected chi connectivity index (χ0v) is 16.2. The zero-order valence-electron chi connectivity index (χ0n) is 15.3. The number of hydrogen-bond donors (Lipinski definition) is 2. The Morgan fingerprint density at radius 2 is 1.96 bits per heavy atom. The molecule has 1 aliphatic rings. The number of amides is 1. The summed E-state index contributed by atoms with van der Waals surface area (Å²) in [6.45, 7) is 2.35. The Morgan fingerprint density at radius 1 is 1.25 bits per heavy atom. The average molecular weight is 399 g/mol. The molecule has 1 aliphatic heterocycles. The van der Waals surface area contributed by atoms with E-state index in [1.54, 1.807) is 35.2 Å². The highest BCUT2D eigenvalue weighted by Crippen LogP contribution is 2.38. The monoisotopic (exact) mass is 399 g/mol. The van der Waals surface area contributed by atoms with E-state index in [4.69, 9.17) is 9.47 Å². The number of methoxy groups -OCH3 is 1. The Morgan fingerprint density at radius 3 is 2.57 bits per heavy atom. The number of halogens is 1. The predicted molar refractivity (Wildman–Crippen MR) is 106 cm³/mol. The lowest BCUT2D eigenvalue weighted by atomic mass is 10.1. The van der Waals surface area contributed by atoms with Crippen LogP contribution in [0.2, 0.25) is 0 Å². The lowest BCUT2D eigenvalue weighted by molar-refractivity contribution is -0.118. The van der Waals surface area contributed by atoms with Gasteiger partial charge in [0.1, 0.15) is 23.6 Å². The summed E-state index contributed by atoms with van der Waals surface area (Å²) in [6, 6.07) is 12.8. The lowest BCUT2D eigenvalue weighted by Crippen LogP contribution is -2.46. The minimum Gasteiger partial charge on any atom is -0.493 e. The van der Waals surface area contributed by atoms with Crippen molar-refractivity contribution in [1.82, 2.24) is 5.32 Å². The number of nitrogens with one attached hydrogen (secondary N) is 1. The molecule has 2 aromatic carbocycles. The molecule has 1 atom stereocenters. The number of ether oxygens (including phenoxy) is 2. The molecule has 1 heterocycles. The maximum absolute atomic E-state index is 13.4. The molecule has 0 radical (unpaired) electrons. The Kier molecular flexibility index (Phi) is 5.76. The zero-order chi connectivity index (χ0) is 20.3. The van der Waals surface area contributed by atoms with Gasteiger partial charge in [-0.25, -0.2) is 4.39 Å². The summed E-state index contributed by atoms with van der Waals surface area (Å²) in [4.78, 5) is 14.0. The van der Waals surface area contributed by atoms with Crippen molar-refractivity contribution in [3.8, 4) is 17.6 Å². The van der Waals surface area contributed by atoms with Crippen molar-refractivity contribution in [3.05, 3.63) is 64.4 Å². The quantitative estimate of drug-likeness (QED) is 0.753. The van der Waals surface area contributed by atoms with Gasteiger partial charge in [-0.05, 0) is 48.9 Å². The maximum Gasteiger partial charge on any atom is 0.266 e. The largest absolute Gasteiger partial charge is 0.493 e. The highest BCUT2D eigenvalue weighted by molar-refractivity contribution is 7.84. The molecule has 0 fully saturated rings. The van der Waals surface area contributed by atoms with Crippen LogP contribution in [0.1, 0.15) is 18.7 Å². The van der Waals surface area contributed by atoms with E-state index in [1.165, 1.54) is 19.2 Å². The number of nitrogens with zero attached hydrogens (tertiary/aromatic N) is 2. The van der Waals surface area contributed by atoms with E-state index in [-0.39, 0.29) is 10.6 Å². The number of carbonyl (C=O) groups is 1. The van der Waals surface area contributed by atoms with Gasteiger partial charge in [0.25, 0.3) is 5.91 Å². The van der Waals surface area contributed by atoms with Gasteiger partial charge < -0.3 is 19.7 Å². The van der Waals surface area contributed by atoms with Crippen molar-refractivity contribution in [3.63, 3.8) is 0 Å². The molecule has 0 bridgehead atoms. The number of benzene rings is 2. The summed E-state index contributed by atoms with van der Waals surface area (Å²) in [6.07, 6.45) is -0.674. The van der Waals surface area contributed by atoms with E-state index in [0.29, 0.717) is 29.4 Å². The molecular formula is C20H18FN3O3S.